The molecule has 1 aromatic rings. The molecule has 1 aliphatic carbocycles. The molecule has 2 atom stereocenters. The average Bonchev–Trinajstić information content (AvgIpc) is 2.51. The summed E-state index contributed by atoms with van der Waals surface area (Å²) in [6.07, 6.45) is 3.05. The summed E-state index contributed by atoms with van der Waals surface area (Å²) in [7, 11) is 1.64. The van der Waals surface area contributed by atoms with Gasteiger partial charge in [0, 0.05) is 25.6 Å². The maximum atomic E-state index is 13.4. The maximum Gasteiger partial charge on any atom is 0.317 e. The molecule has 0 unspecified atom stereocenters. The molecular weight excluding hydrogens is 321 g/mol. The summed E-state index contributed by atoms with van der Waals surface area (Å²) in [4.78, 5) is 25.0. The molecule has 1 fully saturated rings. The summed E-state index contributed by atoms with van der Waals surface area (Å²) in [5, 5.41) is 2.97. The second-order valence-electron chi connectivity index (χ2n) is 6.02. The molecule has 126 valence electrons. The summed E-state index contributed by atoms with van der Waals surface area (Å²) >= 11 is 5.64. The van der Waals surface area contributed by atoms with E-state index in [0.717, 1.165) is 19.3 Å². The fourth-order valence-electron chi connectivity index (χ4n) is 2.85. The maximum absolute atomic E-state index is 13.4. The number of hydrogen-bond donors (Lipinski definition) is 2. The molecule has 0 spiro atoms. The van der Waals surface area contributed by atoms with Gasteiger partial charge in [0.2, 0.25) is 5.91 Å². The van der Waals surface area contributed by atoms with Crippen molar-refractivity contribution in [3.05, 3.63) is 34.6 Å². The summed E-state index contributed by atoms with van der Waals surface area (Å²) in [5.41, 5.74) is 6.00. The van der Waals surface area contributed by atoms with Crippen LogP contribution in [-0.4, -0.2) is 29.9 Å². The smallest absolute Gasteiger partial charge is 0.317 e. The van der Waals surface area contributed by atoms with Crippen LogP contribution in [0.15, 0.2) is 18.2 Å². The van der Waals surface area contributed by atoms with Gasteiger partial charge in [0.25, 0.3) is 0 Å². The Hall–Kier alpha value is -1.82. The van der Waals surface area contributed by atoms with E-state index in [4.69, 9.17) is 17.3 Å². The van der Waals surface area contributed by atoms with Gasteiger partial charge in [0.1, 0.15) is 5.82 Å². The number of nitrogens with one attached hydrogen (secondary N) is 1. The minimum Gasteiger partial charge on any atom is -0.369 e. The Morgan fingerprint density at radius 1 is 1.43 bits per heavy atom. The summed E-state index contributed by atoms with van der Waals surface area (Å²) in [6.45, 7) is 0.270. The third-order valence-electron chi connectivity index (χ3n) is 4.15. The van der Waals surface area contributed by atoms with Crippen LogP contribution in [0.1, 0.15) is 31.2 Å². The van der Waals surface area contributed by atoms with Crippen molar-refractivity contribution in [3.8, 4) is 0 Å². The molecule has 3 amide bonds. The van der Waals surface area contributed by atoms with Crippen LogP contribution in [0, 0.1) is 11.7 Å². The highest BCUT2D eigenvalue weighted by Crippen LogP contribution is 2.24. The number of nitrogens with zero attached hydrogens (tertiary/aromatic N) is 1. The quantitative estimate of drug-likeness (QED) is 0.883. The molecule has 23 heavy (non-hydrogen) atoms. The lowest BCUT2D eigenvalue weighted by molar-refractivity contribution is -0.122. The van der Waals surface area contributed by atoms with E-state index in [2.05, 4.69) is 5.32 Å². The molecule has 3 N–H and O–H groups in total. The molecule has 0 aliphatic heterocycles. The predicted molar refractivity (Wildman–Crippen MR) is 86.3 cm³/mol. The predicted octanol–water partition coefficient (Wildman–Crippen LogP) is 2.66. The normalized spacial score (nSPS) is 20.8. The fraction of sp³-hybridized carbons (Fsp3) is 0.500. The Balaban J connectivity index is 1.89. The van der Waals surface area contributed by atoms with Gasteiger partial charge in [-0.25, -0.2) is 9.18 Å². The van der Waals surface area contributed by atoms with E-state index in [1.807, 2.05) is 0 Å². The first-order chi connectivity index (χ1) is 10.9. The molecule has 1 aromatic carbocycles. The lowest BCUT2D eigenvalue weighted by Crippen LogP contribution is -2.46. The van der Waals surface area contributed by atoms with Gasteiger partial charge < -0.3 is 16.0 Å². The van der Waals surface area contributed by atoms with E-state index in [1.165, 1.54) is 17.0 Å². The van der Waals surface area contributed by atoms with E-state index in [0.29, 0.717) is 12.0 Å². The first-order valence-corrected chi connectivity index (χ1v) is 7.99. The van der Waals surface area contributed by atoms with Crippen LogP contribution in [0.4, 0.5) is 9.18 Å². The topological polar surface area (TPSA) is 75.4 Å². The number of carbonyl (C=O) groups is 2. The van der Waals surface area contributed by atoms with E-state index >= 15 is 0 Å². The molecular formula is C16H21ClFN3O2. The molecule has 1 saturated carbocycles. The number of primary amides is 1. The Kier molecular flexibility index (Phi) is 5.82. The van der Waals surface area contributed by atoms with Gasteiger partial charge in [-0.15, -0.1) is 0 Å². The van der Waals surface area contributed by atoms with E-state index in [9.17, 15) is 14.0 Å². The van der Waals surface area contributed by atoms with Gasteiger partial charge in [-0.2, -0.15) is 0 Å². The Morgan fingerprint density at radius 3 is 2.83 bits per heavy atom. The number of amides is 3. The monoisotopic (exact) mass is 341 g/mol. The van der Waals surface area contributed by atoms with Gasteiger partial charge in [-0.1, -0.05) is 24.1 Å². The molecule has 7 heteroatoms. The van der Waals surface area contributed by atoms with Gasteiger partial charge in [-0.3, -0.25) is 4.79 Å². The number of rotatable bonds is 4. The number of carbonyl (C=O) groups excluding carboxylic acids is 2. The minimum absolute atomic E-state index is 0.0561. The zero-order valence-corrected chi connectivity index (χ0v) is 13.8. The van der Waals surface area contributed by atoms with Crippen molar-refractivity contribution in [2.45, 2.75) is 38.3 Å². The third-order valence-corrected chi connectivity index (χ3v) is 4.46. The minimum atomic E-state index is -0.505. The molecule has 1 aliphatic rings. The molecule has 0 heterocycles. The van der Waals surface area contributed by atoms with Gasteiger partial charge >= 0.3 is 6.03 Å². The number of urea groups is 1. The summed E-state index contributed by atoms with van der Waals surface area (Å²) in [5.74, 6) is -0.992. The van der Waals surface area contributed by atoms with Crippen molar-refractivity contribution in [3.63, 3.8) is 0 Å². The molecule has 0 radical (unpaired) electrons. The summed E-state index contributed by atoms with van der Waals surface area (Å²) in [6, 6.07) is 4.15. The lowest BCUT2D eigenvalue weighted by atomic mass is 9.85. The van der Waals surface area contributed by atoms with Gasteiger partial charge in [0.15, 0.2) is 0 Å². The van der Waals surface area contributed by atoms with E-state index in [1.54, 1.807) is 13.1 Å². The fourth-order valence-corrected chi connectivity index (χ4v) is 2.97. The second kappa shape index (κ2) is 7.64. The van der Waals surface area contributed by atoms with Crippen molar-refractivity contribution in [2.24, 2.45) is 11.7 Å². The van der Waals surface area contributed by atoms with Crippen molar-refractivity contribution >= 4 is 23.5 Å². The van der Waals surface area contributed by atoms with Crippen LogP contribution in [-0.2, 0) is 11.3 Å². The van der Waals surface area contributed by atoms with Crippen molar-refractivity contribution in [1.29, 1.82) is 0 Å². The molecule has 0 aromatic heterocycles. The zero-order chi connectivity index (χ0) is 17.0. The van der Waals surface area contributed by atoms with Crippen LogP contribution in [0.3, 0.4) is 0 Å². The number of benzene rings is 1. The Labute approximate surface area is 140 Å². The first-order valence-electron chi connectivity index (χ1n) is 7.61. The first kappa shape index (κ1) is 17.5. The Morgan fingerprint density at radius 2 is 2.17 bits per heavy atom. The van der Waals surface area contributed by atoms with Crippen molar-refractivity contribution < 1.29 is 14.0 Å². The van der Waals surface area contributed by atoms with Gasteiger partial charge in [-0.05, 0) is 37.0 Å². The summed E-state index contributed by atoms with van der Waals surface area (Å²) < 4.78 is 13.4. The number of halogens is 2. The molecule has 0 saturated heterocycles. The third kappa shape index (κ3) is 4.82. The van der Waals surface area contributed by atoms with Crippen LogP contribution in [0.2, 0.25) is 5.02 Å². The second-order valence-corrected chi connectivity index (χ2v) is 6.42. The number of nitrogens with two attached hydrogens (primary N) is 1. The van der Waals surface area contributed by atoms with Crippen molar-refractivity contribution in [1.82, 2.24) is 10.2 Å². The van der Waals surface area contributed by atoms with E-state index in [-0.39, 0.29) is 35.5 Å². The van der Waals surface area contributed by atoms with Crippen LogP contribution in [0.25, 0.3) is 0 Å². The van der Waals surface area contributed by atoms with Crippen molar-refractivity contribution in [2.75, 3.05) is 7.05 Å². The number of hydrogen-bond acceptors (Lipinski definition) is 2. The van der Waals surface area contributed by atoms with Crippen LogP contribution in [0.5, 0.6) is 0 Å². The Bertz CT molecular complexity index is 597. The highest BCUT2D eigenvalue weighted by Gasteiger charge is 2.27. The molecule has 0 bridgehead atoms. The SMILES string of the molecule is CN(Cc1ccc(Cl)c(F)c1)C(=O)N[C@H]1CCC[C@H](C(N)=O)C1. The van der Waals surface area contributed by atoms with Crippen LogP contribution >= 0.6 is 11.6 Å². The zero-order valence-electron chi connectivity index (χ0n) is 13.0. The highest BCUT2D eigenvalue weighted by atomic mass is 35.5. The molecule has 5 nitrogen and oxygen atoms in total. The average molecular weight is 342 g/mol. The van der Waals surface area contributed by atoms with Crippen LogP contribution < -0.4 is 11.1 Å². The lowest BCUT2D eigenvalue weighted by Gasteiger charge is -2.29. The van der Waals surface area contributed by atoms with Gasteiger partial charge in [0.05, 0.1) is 5.02 Å². The molecule has 2 rings (SSSR count). The largest absolute Gasteiger partial charge is 0.369 e. The van der Waals surface area contributed by atoms with E-state index < -0.39 is 5.82 Å². The highest BCUT2D eigenvalue weighted by molar-refractivity contribution is 6.30. The standard InChI is InChI=1S/C16H21ClFN3O2/c1-21(9-10-5-6-13(17)14(18)7-10)16(23)20-12-4-2-3-11(8-12)15(19)22/h5-7,11-12H,2-4,8-9H2,1H3,(H2,19,22)(H,20,23)/t11-,12-/m0/s1.